The number of carboxylic acid groups (broad SMARTS) is 1. The summed E-state index contributed by atoms with van der Waals surface area (Å²) in [4.78, 5) is 23.3. The highest BCUT2D eigenvalue weighted by molar-refractivity contribution is 5.81. The topological polar surface area (TPSA) is 86.6 Å². The number of aliphatic hydroxyl groups excluding tert-OH is 1. The molecule has 3 N–H and O–H groups in total. The molecule has 0 saturated heterocycles. The van der Waals surface area contributed by atoms with Gasteiger partial charge < -0.3 is 15.5 Å². The summed E-state index contributed by atoms with van der Waals surface area (Å²) in [6.07, 6.45) is 12.4. The highest BCUT2D eigenvalue weighted by Gasteiger charge is 2.57. The first kappa shape index (κ1) is 21.4. The van der Waals surface area contributed by atoms with Gasteiger partial charge in [-0.05, 0) is 74.0 Å². The van der Waals surface area contributed by atoms with Gasteiger partial charge in [-0.25, -0.2) is 0 Å². The number of hydrogen-bond acceptors (Lipinski definition) is 3. The lowest BCUT2D eigenvalue weighted by molar-refractivity contribution is -0.143. The Hall–Kier alpha value is -1.36. The zero-order valence-corrected chi connectivity index (χ0v) is 17.4. The van der Waals surface area contributed by atoms with Gasteiger partial charge in [0.15, 0.2) is 0 Å². The van der Waals surface area contributed by atoms with Crippen molar-refractivity contribution in [3.8, 4) is 0 Å². The number of hydrogen-bond donors (Lipinski definition) is 3. The number of aliphatic carboxylic acids is 1. The first-order valence-electron chi connectivity index (χ1n) is 11.2. The molecule has 158 valence electrons. The molecule has 0 aromatic heterocycles. The molecule has 4 rings (SSSR count). The van der Waals surface area contributed by atoms with E-state index in [0.717, 1.165) is 44.9 Å². The third-order valence-corrected chi connectivity index (χ3v) is 7.90. The summed E-state index contributed by atoms with van der Waals surface area (Å²) in [6, 6.07) is 0.143. The maximum atomic E-state index is 12.7. The third-order valence-electron chi connectivity index (χ3n) is 7.90. The van der Waals surface area contributed by atoms with Crippen molar-refractivity contribution in [2.24, 2.45) is 29.1 Å². The van der Waals surface area contributed by atoms with E-state index in [9.17, 15) is 14.7 Å². The molecule has 0 aromatic carbocycles. The van der Waals surface area contributed by atoms with Crippen LogP contribution in [0, 0.1) is 29.1 Å². The van der Waals surface area contributed by atoms with Crippen molar-refractivity contribution in [2.45, 2.75) is 90.2 Å². The molecule has 5 atom stereocenters. The first-order valence-corrected chi connectivity index (χ1v) is 11.2. The minimum absolute atomic E-state index is 0.127. The molecule has 0 radical (unpaired) electrons. The summed E-state index contributed by atoms with van der Waals surface area (Å²) in [7, 11) is 0. The molecular formula is C23H37NO4. The van der Waals surface area contributed by atoms with E-state index in [4.69, 9.17) is 5.11 Å². The molecule has 1 amide bonds. The number of rotatable bonds is 9. The van der Waals surface area contributed by atoms with Crippen molar-refractivity contribution in [3.05, 3.63) is 12.2 Å². The largest absolute Gasteiger partial charge is 0.481 e. The Kier molecular flexibility index (Phi) is 6.85. The summed E-state index contributed by atoms with van der Waals surface area (Å²) in [5, 5.41) is 22.4. The van der Waals surface area contributed by atoms with E-state index in [1.165, 1.54) is 6.42 Å². The first-order chi connectivity index (χ1) is 13.3. The van der Waals surface area contributed by atoms with Gasteiger partial charge in [-0.1, -0.05) is 38.8 Å². The minimum Gasteiger partial charge on any atom is -0.481 e. The summed E-state index contributed by atoms with van der Waals surface area (Å²) < 4.78 is 0. The van der Waals surface area contributed by atoms with Crippen LogP contribution >= 0.6 is 0 Å². The van der Waals surface area contributed by atoms with Crippen LogP contribution in [0.4, 0.5) is 0 Å². The maximum Gasteiger partial charge on any atom is 0.303 e. The van der Waals surface area contributed by atoms with Gasteiger partial charge in [-0.3, -0.25) is 9.59 Å². The highest BCUT2D eigenvalue weighted by atomic mass is 16.4. The molecule has 4 fully saturated rings. The van der Waals surface area contributed by atoms with E-state index in [-0.39, 0.29) is 24.3 Å². The van der Waals surface area contributed by atoms with Crippen LogP contribution < -0.4 is 5.32 Å². The third kappa shape index (κ3) is 4.61. The summed E-state index contributed by atoms with van der Waals surface area (Å²) in [6.45, 7) is 4.70. The molecule has 28 heavy (non-hydrogen) atoms. The second kappa shape index (κ2) is 8.98. The molecule has 2 bridgehead atoms. The lowest BCUT2D eigenvalue weighted by Gasteiger charge is -2.62. The average molecular weight is 392 g/mol. The minimum atomic E-state index is -0.860. The fourth-order valence-electron chi connectivity index (χ4n) is 5.94. The van der Waals surface area contributed by atoms with Crippen LogP contribution in [0.15, 0.2) is 12.2 Å². The molecule has 5 heteroatoms. The van der Waals surface area contributed by atoms with Crippen LogP contribution in [0.3, 0.4) is 0 Å². The molecule has 0 aliphatic heterocycles. The predicted octanol–water partition coefficient (Wildman–Crippen LogP) is 3.91. The number of fused-ring (bicyclic) bond motifs is 2. The SMILES string of the molecule is CC1(C)C2CC(NC(=O)C(O)C3CCCC3)C(C/C=C\CCCC(=O)O)C1C2. The Morgan fingerprint density at radius 3 is 2.54 bits per heavy atom. The Morgan fingerprint density at radius 2 is 1.89 bits per heavy atom. The number of carbonyl (C=O) groups excluding carboxylic acids is 1. The van der Waals surface area contributed by atoms with Gasteiger partial charge in [-0.2, -0.15) is 0 Å². The normalized spacial score (nSPS) is 32.8. The quantitative estimate of drug-likeness (QED) is 0.411. The molecule has 5 unspecified atom stereocenters. The van der Waals surface area contributed by atoms with Crippen molar-refractivity contribution in [1.82, 2.24) is 5.32 Å². The second-order valence-corrected chi connectivity index (χ2v) is 9.86. The monoisotopic (exact) mass is 391 g/mol. The molecular weight excluding hydrogens is 354 g/mol. The van der Waals surface area contributed by atoms with Gasteiger partial charge in [0, 0.05) is 12.5 Å². The predicted molar refractivity (Wildman–Crippen MR) is 109 cm³/mol. The van der Waals surface area contributed by atoms with Gasteiger partial charge in [0.25, 0.3) is 0 Å². The number of carbonyl (C=O) groups is 2. The van der Waals surface area contributed by atoms with E-state index in [2.05, 4.69) is 31.3 Å². The van der Waals surface area contributed by atoms with Crippen molar-refractivity contribution in [1.29, 1.82) is 0 Å². The number of amides is 1. The van der Waals surface area contributed by atoms with Gasteiger partial charge >= 0.3 is 5.97 Å². The molecule has 4 saturated carbocycles. The van der Waals surface area contributed by atoms with Crippen molar-refractivity contribution in [3.63, 3.8) is 0 Å². The lowest BCUT2D eigenvalue weighted by Crippen LogP contribution is -2.62. The second-order valence-electron chi connectivity index (χ2n) is 9.86. The molecule has 4 aliphatic carbocycles. The fourth-order valence-corrected chi connectivity index (χ4v) is 5.94. The van der Waals surface area contributed by atoms with Gasteiger partial charge in [-0.15, -0.1) is 0 Å². The summed E-state index contributed by atoms with van der Waals surface area (Å²) >= 11 is 0. The Bertz CT molecular complexity index is 593. The highest BCUT2D eigenvalue weighted by Crippen LogP contribution is 2.62. The van der Waals surface area contributed by atoms with Crippen molar-refractivity contribution < 1.29 is 19.8 Å². The number of nitrogens with one attached hydrogen (secondary N) is 1. The van der Waals surface area contributed by atoms with Gasteiger partial charge in [0.2, 0.25) is 5.91 Å². The Labute approximate surface area is 169 Å². The number of allylic oxidation sites excluding steroid dienone is 2. The Balaban J connectivity index is 1.56. The van der Waals surface area contributed by atoms with Crippen molar-refractivity contribution in [2.75, 3.05) is 0 Å². The van der Waals surface area contributed by atoms with E-state index < -0.39 is 12.1 Å². The number of unbranched alkanes of at least 4 members (excludes halogenated alkanes) is 1. The molecule has 0 aromatic rings. The average Bonchev–Trinajstić information content (AvgIpc) is 3.18. The smallest absolute Gasteiger partial charge is 0.303 e. The van der Waals surface area contributed by atoms with Crippen LogP contribution in [0.5, 0.6) is 0 Å². The van der Waals surface area contributed by atoms with Crippen molar-refractivity contribution >= 4 is 11.9 Å². The summed E-state index contributed by atoms with van der Waals surface area (Å²) in [5.41, 5.74) is 0.326. The maximum absolute atomic E-state index is 12.7. The lowest BCUT2D eigenvalue weighted by atomic mass is 9.44. The summed E-state index contributed by atoms with van der Waals surface area (Å²) in [5.74, 6) is 0.863. The molecule has 0 spiro atoms. The fraction of sp³-hybridized carbons (Fsp3) is 0.826. The zero-order chi connectivity index (χ0) is 20.3. The molecule has 5 nitrogen and oxygen atoms in total. The van der Waals surface area contributed by atoms with Gasteiger partial charge in [0.05, 0.1) is 0 Å². The number of carboxylic acids is 1. The van der Waals surface area contributed by atoms with Crippen LogP contribution in [-0.2, 0) is 9.59 Å². The number of aliphatic hydroxyl groups is 1. The Morgan fingerprint density at radius 1 is 1.18 bits per heavy atom. The molecule has 0 heterocycles. The van der Waals surface area contributed by atoms with Crippen LogP contribution in [-0.4, -0.2) is 34.2 Å². The van der Waals surface area contributed by atoms with E-state index >= 15 is 0 Å². The van der Waals surface area contributed by atoms with E-state index in [0.29, 0.717) is 29.6 Å². The van der Waals surface area contributed by atoms with E-state index in [1.54, 1.807) is 0 Å². The van der Waals surface area contributed by atoms with Crippen LogP contribution in [0.25, 0.3) is 0 Å². The standard InChI is InChI=1S/C23H37NO4/c1-23(2)16-13-18(23)17(11-5-3-4-6-12-20(25)26)19(14-16)24-22(28)21(27)15-9-7-8-10-15/h3,5,15-19,21,27H,4,6-14H2,1-2H3,(H,24,28)(H,25,26)/b5-3-. The van der Waals surface area contributed by atoms with Crippen LogP contribution in [0.1, 0.15) is 78.1 Å². The zero-order valence-electron chi connectivity index (χ0n) is 17.4. The van der Waals surface area contributed by atoms with E-state index in [1.807, 2.05) is 0 Å². The molecule has 4 aliphatic rings. The van der Waals surface area contributed by atoms with Crippen LogP contribution in [0.2, 0.25) is 0 Å². The van der Waals surface area contributed by atoms with Gasteiger partial charge in [0.1, 0.15) is 6.10 Å².